The molecule has 1 aliphatic rings. The third kappa shape index (κ3) is 2.19. The first-order chi connectivity index (χ1) is 9.25. The molecule has 0 aliphatic carbocycles. The maximum Gasteiger partial charge on any atom is 0.242 e. The molecule has 3 rings (SSSR count). The average molecular weight is 256 g/mol. The maximum absolute atomic E-state index is 11.8. The van der Waals surface area contributed by atoms with E-state index in [1.807, 2.05) is 18.2 Å². The van der Waals surface area contributed by atoms with Crippen molar-refractivity contribution >= 4 is 28.1 Å². The van der Waals surface area contributed by atoms with Crippen LogP contribution in [0.15, 0.2) is 30.6 Å². The molecule has 98 valence electrons. The second-order valence-corrected chi connectivity index (χ2v) is 4.75. The molecule has 5 nitrogen and oxygen atoms in total. The molecule has 4 N–H and O–H groups in total. The predicted molar refractivity (Wildman–Crippen MR) is 75.8 cm³/mol. The molecule has 0 radical (unpaired) electrons. The van der Waals surface area contributed by atoms with Crippen LogP contribution in [0, 0.1) is 0 Å². The Balaban J connectivity index is 1.97. The highest BCUT2D eigenvalue weighted by Crippen LogP contribution is 2.28. The van der Waals surface area contributed by atoms with Gasteiger partial charge in [0.2, 0.25) is 5.91 Å². The number of amides is 1. The fraction of sp³-hybridized carbons (Fsp3) is 0.286. The first kappa shape index (κ1) is 11.8. The zero-order valence-electron chi connectivity index (χ0n) is 10.5. The molecule has 1 unspecified atom stereocenters. The molecule has 2 heterocycles. The number of nitrogens with zero attached hydrogens (tertiary/aromatic N) is 1. The van der Waals surface area contributed by atoms with Crippen molar-refractivity contribution in [3.63, 3.8) is 0 Å². The summed E-state index contributed by atoms with van der Waals surface area (Å²) in [6.45, 7) is 0.767. The summed E-state index contributed by atoms with van der Waals surface area (Å²) >= 11 is 0. The summed E-state index contributed by atoms with van der Waals surface area (Å²) < 4.78 is 0. The highest BCUT2D eigenvalue weighted by atomic mass is 16.2. The van der Waals surface area contributed by atoms with Crippen LogP contribution in [0.5, 0.6) is 0 Å². The number of pyridine rings is 1. The smallest absolute Gasteiger partial charge is 0.242 e. The van der Waals surface area contributed by atoms with Gasteiger partial charge in [0, 0.05) is 41.1 Å². The number of fused-ring (bicyclic) bond motifs is 1. The number of nitrogens with one attached hydrogen (secondary N) is 2. The van der Waals surface area contributed by atoms with E-state index >= 15 is 0 Å². The second kappa shape index (κ2) is 4.76. The lowest BCUT2D eigenvalue weighted by molar-refractivity contribution is -0.123. The molecule has 19 heavy (non-hydrogen) atoms. The van der Waals surface area contributed by atoms with E-state index < -0.39 is 0 Å². The van der Waals surface area contributed by atoms with Gasteiger partial charge in [-0.1, -0.05) is 0 Å². The monoisotopic (exact) mass is 256 g/mol. The number of aromatic nitrogens is 1. The van der Waals surface area contributed by atoms with E-state index in [9.17, 15) is 4.79 Å². The van der Waals surface area contributed by atoms with Crippen LogP contribution in [0.3, 0.4) is 0 Å². The quantitative estimate of drug-likeness (QED) is 0.711. The zero-order valence-corrected chi connectivity index (χ0v) is 10.5. The third-order valence-electron chi connectivity index (χ3n) is 3.47. The summed E-state index contributed by atoms with van der Waals surface area (Å²) in [6.07, 6.45) is 5.32. The van der Waals surface area contributed by atoms with Gasteiger partial charge in [0.05, 0.1) is 0 Å². The molecule has 2 aromatic rings. The molecule has 1 amide bonds. The highest BCUT2D eigenvalue weighted by Gasteiger charge is 2.22. The molecule has 1 aromatic carbocycles. The van der Waals surface area contributed by atoms with Gasteiger partial charge < -0.3 is 16.4 Å². The Morgan fingerprint density at radius 3 is 3.05 bits per heavy atom. The van der Waals surface area contributed by atoms with Gasteiger partial charge in [-0.2, -0.15) is 0 Å². The number of rotatable bonds is 2. The number of carbonyl (C=O) groups is 1. The number of anilines is 2. The van der Waals surface area contributed by atoms with Crippen LogP contribution in [-0.4, -0.2) is 23.5 Å². The Morgan fingerprint density at radius 1 is 1.32 bits per heavy atom. The van der Waals surface area contributed by atoms with E-state index in [2.05, 4.69) is 15.6 Å². The van der Waals surface area contributed by atoms with Crippen molar-refractivity contribution < 1.29 is 4.79 Å². The molecule has 0 spiro atoms. The lowest BCUT2D eigenvalue weighted by atomic mass is 10.0. The van der Waals surface area contributed by atoms with Crippen LogP contribution >= 0.6 is 0 Å². The largest absolute Gasteiger partial charge is 0.398 e. The van der Waals surface area contributed by atoms with Gasteiger partial charge in [0.1, 0.15) is 6.04 Å². The minimum atomic E-state index is -0.172. The van der Waals surface area contributed by atoms with Crippen molar-refractivity contribution in [1.29, 1.82) is 0 Å². The van der Waals surface area contributed by atoms with Gasteiger partial charge in [-0.3, -0.25) is 9.78 Å². The van der Waals surface area contributed by atoms with Gasteiger partial charge >= 0.3 is 0 Å². The highest BCUT2D eigenvalue weighted by molar-refractivity contribution is 6.01. The predicted octanol–water partition coefficient (Wildman–Crippen LogP) is 1.51. The van der Waals surface area contributed by atoms with Crippen LogP contribution in [-0.2, 0) is 4.79 Å². The lowest BCUT2D eigenvalue weighted by Crippen LogP contribution is -2.44. The van der Waals surface area contributed by atoms with E-state index in [1.54, 1.807) is 12.4 Å². The SMILES string of the molecule is Nc1ccc(NC2CCCNC2=O)c2ccncc12. The first-order valence-corrected chi connectivity index (χ1v) is 6.42. The molecule has 5 heteroatoms. The summed E-state index contributed by atoms with van der Waals surface area (Å²) in [5.74, 6) is 0.0604. The van der Waals surface area contributed by atoms with Crippen LogP contribution in [0.1, 0.15) is 12.8 Å². The van der Waals surface area contributed by atoms with Crippen molar-refractivity contribution in [3.8, 4) is 0 Å². The molecule has 1 aromatic heterocycles. The van der Waals surface area contributed by atoms with Crippen molar-refractivity contribution in [3.05, 3.63) is 30.6 Å². The number of benzene rings is 1. The Labute approximate surface area is 111 Å². The van der Waals surface area contributed by atoms with Crippen LogP contribution < -0.4 is 16.4 Å². The van der Waals surface area contributed by atoms with Crippen molar-refractivity contribution in [2.24, 2.45) is 0 Å². The first-order valence-electron chi connectivity index (χ1n) is 6.42. The van der Waals surface area contributed by atoms with E-state index in [4.69, 9.17) is 5.73 Å². The van der Waals surface area contributed by atoms with Gasteiger partial charge in [-0.05, 0) is 31.0 Å². The van der Waals surface area contributed by atoms with Gasteiger partial charge in [-0.15, -0.1) is 0 Å². The van der Waals surface area contributed by atoms with Gasteiger partial charge in [0.15, 0.2) is 0 Å². The molecule has 1 saturated heterocycles. The number of hydrogen-bond acceptors (Lipinski definition) is 4. The summed E-state index contributed by atoms with van der Waals surface area (Å²) in [6, 6.07) is 5.50. The van der Waals surface area contributed by atoms with E-state index in [0.717, 1.165) is 35.8 Å². The molecular formula is C14H16N4O. The van der Waals surface area contributed by atoms with Gasteiger partial charge in [-0.25, -0.2) is 0 Å². The topological polar surface area (TPSA) is 80.0 Å². The molecule has 1 aliphatic heterocycles. The van der Waals surface area contributed by atoms with Crippen molar-refractivity contribution in [2.75, 3.05) is 17.6 Å². The summed E-state index contributed by atoms with van der Waals surface area (Å²) in [4.78, 5) is 15.9. The Bertz CT molecular complexity index is 626. The summed E-state index contributed by atoms with van der Waals surface area (Å²) in [5, 5.41) is 8.08. The normalized spacial score (nSPS) is 19.2. The second-order valence-electron chi connectivity index (χ2n) is 4.75. The fourth-order valence-corrected chi connectivity index (χ4v) is 2.44. The Kier molecular flexibility index (Phi) is 2.95. The van der Waals surface area contributed by atoms with Crippen LogP contribution in [0.2, 0.25) is 0 Å². The molecule has 0 bridgehead atoms. The Hall–Kier alpha value is -2.30. The lowest BCUT2D eigenvalue weighted by Gasteiger charge is -2.24. The maximum atomic E-state index is 11.8. The summed E-state index contributed by atoms with van der Waals surface area (Å²) in [5.41, 5.74) is 7.56. The minimum Gasteiger partial charge on any atom is -0.398 e. The number of carbonyl (C=O) groups excluding carboxylic acids is 1. The van der Waals surface area contributed by atoms with Crippen molar-refractivity contribution in [2.45, 2.75) is 18.9 Å². The molecule has 1 fully saturated rings. The van der Waals surface area contributed by atoms with Crippen LogP contribution in [0.4, 0.5) is 11.4 Å². The van der Waals surface area contributed by atoms with E-state index in [-0.39, 0.29) is 11.9 Å². The number of hydrogen-bond donors (Lipinski definition) is 3. The van der Waals surface area contributed by atoms with Gasteiger partial charge in [0.25, 0.3) is 0 Å². The number of piperidine rings is 1. The summed E-state index contributed by atoms with van der Waals surface area (Å²) in [7, 11) is 0. The van der Waals surface area contributed by atoms with Crippen molar-refractivity contribution in [1.82, 2.24) is 10.3 Å². The molecular weight excluding hydrogens is 240 g/mol. The average Bonchev–Trinajstić information content (AvgIpc) is 2.44. The molecule has 1 atom stereocenters. The number of nitrogen functional groups attached to an aromatic ring is 1. The zero-order chi connectivity index (χ0) is 13.2. The standard InChI is InChI=1S/C14H16N4O/c15-11-3-4-12(9-5-7-16-8-10(9)11)18-13-2-1-6-17-14(13)19/h3-5,7-8,13,18H,1-2,6,15H2,(H,17,19). The fourth-order valence-electron chi connectivity index (χ4n) is 2.44. The Morgan fingerprint density at radius 2 is 2.21 bits per heavy atom. The molecule has 0 saturated carbocycles. The third-order valence-corrected chi connectivity index (χ3v) is 3.47. The van der Waals surface area contributed by atoms with E-state index in [1.165, 1.54) is 0 Å². The minimum absolute atomic E-state index is 0.0604. The number of nitrogens with two attached hydrogens (primary N) is 1. The van der Waals surface area contributed by atoms with E-state index in [0.29, 0.717) is 5.69 Å². The van der Waals surface area contributed by atoms with Crippen LogP contribution in [0.25, 0.3) is 10.8 Å².